The zero-order chi connectivity index (χ0) is 12.3. The van der Waals surface area contributed by atoms with E-state index in [0.29, 0.717) is 11.4 Å². The number of rotatable bonds is 4. The highest BCUT2D eigenvalue weighted by atomic mass is 35.5. The van der Waals surface area contributed by atoms with Crippen molar-refractivity contribution in [2.24, 2.45) is 0 Å². The Labute approximate surface area is 108 Å². The summed E-state index contributed by atoms with van der Waals surface area (Å²) in [6, 6.07) is 8.21. The molecule has 1 N–H and O–H groups in total. The first kappa shape index (κ1) is 12.6. The lowest BCUT2D eigenvalue weighted by molar-refractivity contribution is 0.163. The first-order valence-corrected chi connectivity index (χ1v) is 6.58. The maximum absolute atomic E-state index is 13.5. The van der Waals surface area contributed by atoms with Crippen LogP contribution < -0.4 is 0 Å². The molecule has 0 amide bonds. The van der Waals surface area contributed by atoms with E-state index in [-0.39, 0.29) is 5.56 Å². The molecule has 0 aliphatic rings. The van der Waals surface area contributed by atoms with Gasteiger partial charge in [-0.1, -0.05) is 17.7 Å². The second-order valence-electron chi connectivity index (χ2n) is 3.80. The second kappa shape index (κ2) is 5.63. The van der Waals surface area contributed by atoms with Crippen molar-refractivity contribution in [3.8, 4) is 0 Å². The molecule has 0 aliphatic heterocycles. The zero-order valence-electron chi connectivity index (χ0n) is 9.07. The van der Waals surface area contributed by atoms with Gasteiger partial charge in [0.05, 0.1) is 6.10 Å². The molecule has 0 bridgehead atoms. The standard InChI is InChI=1S/C13H12ClFOS/c14-9-3-5-12(15)11(8-9)13(16)6-4-10-2-1-7-17-10/h1-3,5,7-8,13,16H,4,6H2. The molecule has 1 aromatic carbocycles. The van der Waals surface area contributed by atoms with E-state index in [1.807, 2.05) is 17.5 Å². The van der Waals surface area contributed by atoms with Crippen molar-refractivity contribution >= 4 is 22.9 Å². The predicted molar refractivity (Wildman–Crippen MR) is 69.0 cm³/mol. The molecule has 0 spiro atoms. The molecule has 2 aromatic rings. The number of thiophene rings is 1. The maximum Gasteiger partial charge on any atom is 0.129 e. The molecule has 1 nitrogen and oxygen atoms in total. The van der Waals surface area contributed by atoms with Crippen LogP contribution in [0.5, 0.6) is 0 Å². The van der Waals surface area contributed by atoms with Gasteiger partial charge in [0.1, 0.15) is 5.82 Å². The van der Waals surface area contributed by atoms with Gasteiger partial charge in [0.15, 0.2) is 0 Å². The van der Waals surface area contributed by atoms with Gasteiger partial charge in [-0.05, 0) is 42.5 Å². The van der Waals surface area contributed by atoms with Crippen LogP contribution in [0.3, 0.4) is 0 Å². The quantitative estimate of drug-likeness (QED) is 0.882. The minimum Gasteiger partial charge on any atom is -0.388 e. The largest absolute Gasteiger partial charge is 0.388 e. The lowest BCUT2D eigenvalue weighted by Gasteiger charge is -2.11. The minimum absolute atomic E-state index is 0.272. The molecule has 1 heterocycles. The van der Waals surface area contributed by atoms with Crippen LogP contribution in [0.15, 0.2) is 35.7 Å². The van der Waals surface area contributed by atoms with Gasteiger partial charge in [-0.2, -0.15) is 0 Å². The topological polar surface area (TPSA) is 20.2 Å². The van der Waals surface area contributed by atoms with E-state index in [1.54, 1.807) is 11.3 Å². The maximum atomic E-state index is 13.5. The summed E-state index contributed by atoms with van der Waals surface area (Å²) in [6.07, 6.45) is 0.429. The minimum atomic E-state index is -0.809. The van der Waals surface area contributed by atoms with Crippen LogP contribution in [-0.2, 0) is 6.42 Å². The van der Waals surface area contributed by atoms with Gasteiger partial charge in [0, 0.05) is 15.5 Å². The monoisotopic (exact) mass is 270 g/mol. The van der Waals surface area contributed by atoms with Gasteiger partial charge >= 0.3 is 0 Å². The van der Waals surface area contributed by atoms with E-state index in [9.17, 15) is 9.50 Å². The normalized spacial score (nSPS) is 12.6. The van der Waals surface area contributed by atoms with E-state index in [4.69, 9.17) is 11.6 Å². The first-order chi connectivity index (χ1) is 8.16. The predicted octanol–water partition coefficient (Wildman–Crippen LogP) is 4.21. The van der Waals surface area contributed by atoms with Crippen LogP contribution in [0.1, 0.15) is 23.0 Å². The molecular weight excluding hydrogens is 259 g/mol. The summed E-state index contributed by atoms with van der Waals surface area (Å²) in [5, 5.41) is 12.4. The lowest BCUT2D eigenvalue weighted by atomic mass is 10.0. The molecule has 1 unspecified atom stereocenters. The highest BCUT2D eigenvalue weighted by molar-refractivity contribution is 7.09. The highest BCUT2D eigenvalue weighted by Gasteiger charge is 2.13. The molecule has 0 aliphatic carbocycles. The molecule has 0 saturated carbocycles. The number of halogens is 2. The Morgan fingerprint density at radius 3 is 2.88 bits per heavy atom. The van der Waals surface area contributed by atoms with E-state index in [0.717, 1.165) is 6.42 Å². The third kappa shape index (κ3) is 3.28. The smallest absolute Gasteiger partial charge is 0.129 e. The zero-order valence-corrected chi connectivity index (χ0v) is 10.6. The Morgan fingerprint density at radius 1 is 1.35 bits per heavy atom. The molecule has 1 atom stereocenters. The van der Waals surface area contributed by atoms with Crippen LogP contribution in [0, 0.1) is 5.82 Å². The molecule has 2 rings (SSSR count). The Kier molecular flexibility index (Phi) is 4.15. The number of aliphatic hydroxyl groups is 1. The summed E-state index contributed by atoms with van der Waals surface area (Å²) < 4.78 is 13.5. The highest BCUT2D eigenvalue weighted by Crippen LogP contribution is 2.25. The van der Waals surface area contributed by atoms with Crippen LogP contribution >= 0.6 is 22.9 Å². The average Bonchev–Trinajstić information content (AvgIpc) is 2.82. The lowest BCUT2D eigenvalue weighted by Crippen LogP contribution is -2.02. The average molecular weight is 271 g/mol. The van der Waals surface area contributed by atoms with E-state index in [1.165, 1.54) is 23.1 Å². The number of hydrogen-bond acceptors (Lipinski definition) is 2. The molecule has 0 fully saturated rings. The van der Waals surface area contributed by atoms with Crippen molar-refractivity contribution in [3.05, 3.63) is 57.0 Å². The van der Waals surface area contributed by atoms with Crippen LogP contribution in [-0.4, -0.2) is 5.11 Å². The van der Waals surface area contributed by atoms with Crippen LogP contribution in [0.2, 0.25) is 5.02 Å². The Hall–Kier alpha value is -0.900. The van der Waals surface area contributed by atoms with E-state index >= 15 is 0 Å². The molecular formula is C13H12ClFOS. The Morgan fingerprint density at radius 2 is 2.18 bits per heavy atom. The summed E-state index contributed by atoms with van der Waals surface area (Å²) in [6.45, 7) is 0. The van der Waals surface area contributed by atoms with Gasteiger partial charge in [0.2, 0.25) is 0 Å². The number of aliphatic hydroxyl groups excluding tert-OH is 1. The Bertz CT molecular complexity index is 484. The van der Waals surface area contributed by atoms with Gasteiger partial charge in [-0.15, -0.1) is 11.3 Å². The van der Waals surface area contributed by atoms with Gasteiger partial charge in [-0.25, -0.2) is 4.39 Å². The molecule has 0 saturated heterocycles. The molecule has 4 heteroatoms. The Balaban J connectivity index is 2.04. The van der Waals surface area contributed by atoms with Gasteiger partial charge in [0.25, 0.3) is 0 Å². The van der Waals surface area contributed by atoms with Crippen molar-refractivity contribution in [2.75, 3.05) is 0 Å². The fourth-order valence-electron chi connectivity index (χ4n) is 1.66. The molecule has 17 heavy (non-hydrogen) atoms. The number of benzene rings is 1. The second-order valence-corrected chi connectivity index (χ2v) is 5.27. The summed E-state index contributed by atoms with van der Waals surface area (Å²) >= 11 is 7.42. The van der Waals surface area contributed by atoms with Gasteiger partial charge < -0.3 is 5.11 Å². The summed E-state index contributed by atoms with van der Waals surface area (Å²) in [5.41, 5.74) is 0.272. The van der Waals surface area contributed by atoms with Crippen molar-refractivity contribution in [1.82, 2.24) is 0 Å². The first-order valence-electron chi connectivity index (χ1n) is 5.32. The number of aryl methyl sites for hydroxylation is 1. The molecule has 1 aromatic heterocycles. The summed E-state index contributed by atoms with van der Waals surface area (Å²) in [7, 11) is 0. The third-order valence-electron chi connectivity index (χ3n) is 2.56. The fraction of sp³-hybridized carbons (Fsp3) is 0.231. The van der Waals surface area contributed by atoms with E-state index in [2.05, 4.69) is 0 Å². The SMILES string of the molecule is OC(CCc1cccs1)c1cc(Cl)ccc1F. The van der Waals surface area contributed by atoms with E-state index < -0.39 is 11.9 Å². The molecule has 90 valence electrons. The van der Waals surface area contributed by atoms with Gasteiger partial charge in [-0.3, -0.25) is 0 Å². The van der Waals surface area contributed by atoms with Crippen molar-refractivity contribution < 1.29 is 9.50 Å². The summed E-state index contributed by atoms with van der Waals surface area (Å²) in [4.78, 5) is 1.19. The number of hydrogen-bond donors (Lipinski definition) is 1. The third-order valence-corrected chi connectivity index (χ3v) is 3.73. The van der Waals surface area contributed by atoms with Crippen molar-refractivity contribution in [3.63, 3.8) is 0 Å². The van der Waals surface area contributed by atoms with Crippen LogP contribution in [0.4, 0.5) is 4.39 Å². The fourth-order valence-corrected chi connectivity index (χ4v) is 2.56. The van der Waals surface area contributed by atoms with Crippen molar-refractivity contribution in [2.45, 2.75) is 18.9 Å². The van der Waals surface area contributed by atoms with Crippen LogP contribution in [0.25, 0.3) is 0 Å². The molecule has 0 radical (unpaired) electrons. The summed E-state index contributed by atoms with van der Waals surface area (Å²) in [5.74, 6) is -0.409. The van der Waals surface area contributed by atoms with Crippen molar-refractivity contribution in [1.29, 1.82) is 0 Å².